The van der Waals surface area contributed by atoms with Gasteiger partial charge in [-0.1, -0.05) is 0 Å². The topological polar surface area (TPSA) is 21.6 Å². The SMILES string of the molecule is CC(C)Oc1cc(N=C=S)c(F)cc1Br. The molecule has 0 aromatic heterocycles. The maximum absolute atomic E-state index is 13.3. The molecule has 5 heteroatoms. The summed E-state index contributed by atoms with van der Waals surface area (Å²) in [6.45, 7) is 3.77. The maximum atomic E-state index is 13.3. The number of ether oxygens (including phenoxy) is 1. The molecule has 2 nitrogen and oxygen atoms in total. The molecule has 1 rings (SSSR count). The van der Waals surface area contributed by atoms with Gasteiger partial charge in [0.1, 0.15) is 11.4 Å². The average Bonchev–Trinajstić information content (AvgIpc) is 2.12. The standard InChI is InChI=1S/C10H9BrFNOS/c1-6(2)14-10-4-9(13-5-15)8(12)3-7(10)11/h3-4,6H,1-2H3. The third-order valence-electron chi connectivity index (χ3n) is 1.53. The Labute approximate surface area is 101 Å². The number of benzene rings is 1. The minimum absolute atomic E-state index is 0.0103. The first-order valence-corrected chi connectivity index (χ1v) is 5.48. The quantitative estimate of drug-likeness (QED) is 0.617. The number of thiocarbonyl (C=S) groups is 1. The second kappa shape index (κ2) is 5.35. The van der Waals surface area contributed by atoms with Crippen LogP contribution in [0.2, 0.25) is 0 Å². The first-order valence-electron chi connectivity index (χ1n) is 4.28. The highest BCUT2D eigenvalue weighted by Crippen LogP contribution is 2.32. The van der Waals surface area contributed by atoms with E-state index < -0.39 is 5.82 Å². The van der Waals surface area contributed by atoms with E-state index in [4.69, 9.17) is 4.74 Å². The highest BCUT2D eigenvalue weighted by Gasteiger charge is 2.09. The monoisotopic (exact) mass is 289 g/mol. The van der Waals surface area contributed by atoms with Crippen LogP contribution in [0.4, 0.5) is 10.1 Å². The first-order chi connectivity index (χ1) is 7.04. The molecule has 0 amide bonds. The number of halogens is 2. The highest BCUT2D eigenvalue weighted by molar-refractivity contribution is 9.10. The summed E-state index contributed by atoms with van der Waals surface area (Å²) in [5.41, 5.74) is 0.129. The molecule has 0 N–H and O–H groups in total. The molecule has 0 saturated carbocycles. The Morgan fingerprint density at radius 3 is 2.73 bits per heavy atom. The third-order valence-corrected chi connectivity index (χ3v) is 2.24. The molecule has 0 heterocycles. The Balaban J connectivity index is 3.16. The molecular weight excluding hydrogens is 281 g/mol. The van der Waals surface area contributed by atoms with Crippen molar-refractivity contribution >= 4 is 39.0 Å². The Hall–Kier alpha value is -0.770. The van der Waals surface area contributed by atoms with Gasteiger partial charge in [-0.05, 0) is 48.1 Å². The van der Waals surface area contributed by atoms with E-state index in [9.17, 15) is 4.39 Å². The fraction of sp³-hybridized carbons (Fsp3) is 0.300. The summed E-state index contributed by atoms with van der Waals surface area (Å²) < 4.78 is 19.3. The normalized spacial score (nSPS) is 9.93. The molecule has 0 spiro atoms. The summed E-state index contributed by atoms with van der Waals surface area (Å²) in [4.78, 5) is 3.60. The lowest BCUT2D eigenvalue weighted by Gasteiger charge is -2.11. The van der Waals surface area contributed by atoms with Gasteiger partial charge in [-0.3, -0.25) is 0 Å². The molecule has 0 bridgehead atoms. The number of aliphatic imine (C=N–C) groups is 1. The van der Waals surface area contributed by atoms with Gasteiger partial charge in [0.25, 0.3) is 0 Å². The van der Waals surface area contributed by atoms with Crippen molar-refractivity contribution in [3.8, 4) is 5.75 Å². The smallest absolute Gasteiger partial charge is 0.151 e. The highest BCUT2D eigenvalue weighted by atomic mass is 79.9. The van der Waals surface area contributed by atoms with Crippen molar-refractivity contribution in [3.05, 3.63) is 22.4 Å². The third kappa shape index (κ3) is 3.38. The molecule has 0 atom stereocenters. The molecule has 0 unspecified atom stereocenters. The largest absolute Gasteiger partial charge is 0.490 e. The molecule has 0 radical (unpaired) electrons. The zero-order valence-electron chi connectivity index (χ0n) is 8.25. The van der Waals surface area contributed by atoms with Gasteiger partial charge in [-0.25, -0.2) is 4.39 Å². The fourth-order valence-electron chi connectivity index (χ4n) is 0.997. The van der Waals surface area contributed by atoms with E-state index in [1.807, 2.05) is 13.8 Å². The van der Waals surface area contributed by atoms with Gasteiger partial charge in [0.2, 0.25) is 0 Å². The minimum atomic E-state index is -0.463. The van der Waals surface area contributed by atoms with Crippen LogP contribution in [-0.2, 0) is 0 Å². The summed E-state index contributed by atoms with van der Waals surface area (Å²) in [5, 5.41) is 2.12. The Morgan fingerprint density at radius 1 is 1.53 bits per heavy atom. The van der Waals surface area contributed by atoms with Crippen molar-refractivity contribution in [1.82, 2.24) is 0 Å². The molecule has 1 aromatic carbocycles. The Bertz CT molecular complexity index is 416. The molecule has 0 aliphatic carbocycles. The van der Waals surface area contributed by atoms with Gasteiger partial charge in [-0.2, -0.15) is 4.99 Å². The van der Waals surface area contributed by atoms with Crippen LogP contribution in [0.1, 0.15) is 13.8 Å². The first kappa shape index (κ1) is 12.3. The van der Waals surface area contributed by atoms with Crippen LogP contribution in [0.5, 0.6) is 5.75 Å². The Morgan fingerprint density at radius 2 is 2.20 bits per heavy atom. The van der Waals surface area contributed by atoms with Crippen molar-refractivity contribution < 1.29 is 9.13 Å². The minimum Gasteiger partial charge on any atom is -0.490 e. The van der Waals surface area contributed by atoms with E-state index in [2.05, 4.69) is 38.3 Å². The number of hydrogen-bond acceptors (Lipinski definition) is 3. The number of isothiocyanates is 1. The zero-order valence-corrected chi connectivity index (χ0v) is 10.7. The molecule has 0 fully saturated rings. The van der Waals surface area contributed by atoms with Gasteiger partial charge in [0.05, 0.1) is 15.7 Å². The van der Waals surface area contributed by atoms with Gasteiger partial charge in [-0.15, -0.1) is 0 Å². The van der Waals surface area contributed by atoms with Crippen molar-refractivity contribution in [2.45, 2.75) is 20.0 Å². The van der Waals surface area contributed by atoms with Gasteiger partial charge < -0.3 is 4.74 Å². The van der Waals surface area contributed by atoms with Crippen molar-refractivity contribution in [2.75, 3.05) is 0 Å². The van der Waals surface area contributed by atoms with Gasteiger partial charge in [0, 0.05) is 6.07 Å². The van der Waals surface area contributed by atoms with E-state index in [1.54, 1.807) is 0 Å². The van der Waals surface area contributed by atoms with Crippen molar-refractivity contribution in [2.24, 2.45) is 4.99 Å². The summed E-state index contributed by atoms with van der Waals surface area (Å²) in [5.74, 6) is 0.0748. The van der Waals surface area contributed by atoms with Gasteiger partial charge in [0.15, 0.2) is 5.82 Å². The van der Waals surface area contributed by atoms with Crippen LogP contribution < -0.4 is 4.74 Å². The second-order valence-electron chi connectivity index (χ2n) is 3.10. The molecule has 15 heavy (non-hydrogen) atoms. The summed E-state index contributed by atoms with van der Waals surface area (Å²) in [7, 11) is 0. The molecule has 1 aromatic rings. The van der Waals surface area contributed by atoms with E-state index in [1.165, 1.54) is 12.1 Å². The predicted octanol–water partition coefficient (Wildman–Crippen LogP) is 4.11. The van der Waals surface area contributed by atoms with Crippen molar-refractivity contribution in [3.63, 3.8) is 0 Å². The number of hydrogen-bond donors (Lipinski definition) is 0. The molecule has 0 aliphatic heterocycles. The van der Waals surface area contributed by atoms with Crippen LogP contribution in [0.3, 0.4) is 0 Å². The van der Waals surface area contributed by atoms with Crippen LogP contribution in [0, 0.1) is 5.82 Å². The summed E-state index contributed by atoms with van der Waals surface area (Å²) in [6.07, 6.45) is 0.0103. The average molecular weight is 290 g/mol. The molecule has 0 aliphatic rings. The lowest BCUT2D eigenvalue weighted by molar-refractivity contribution is 0.240. The van der Waals surface area contributed by atoms with Crippen LogP contribution in [-0.4, -0.2) is 11.3 Å². The van der Waals surface area contributed by atoms with E-state index >= 15 is 0 Å². The van der Waals surface area contributed by atoms with Gasteiger partial charge >= 0.3 is 0 Å². The van der Waals surface area contributed by atoms with E-state index in [0.29, 0.717) is 10.2 Å². The maximum Gasteiger partial charge on any atom is 0.151 e. The lowest BCUT2D eigenvalue weighted by Crippen LogP contribution is -2.06. The fourth-order valence-corrected chi connectivity index (χ4v) is 1.50. The second-order valence-corrected chi connectivity index (χ2v) is 4.14. The summed E-state index contributed by atoms with van der Waals surface area (Å²) in [6, 6.07) is 2.78. The van der Waals surface area contributed by atoms with E-state index in [-0.39, 0.29) is 11.8 Å². The molecule has 0 saturated heterocycles. The molecular formula is C10H9BrFNOS. The van der Waals surface area contributed by atoms with Crippen LogP contribution in [0.25, 0.3) is 0 Å². The van der Waals surface area contributed by atoms with Crippen LogP contribution in [0.15, 0.2) is 21.6 Å². The molecule has 80 valence electrons. The van der Waals surface area contributed by atoms with Crippen LogP contribution >= 0.6 is 28.1 Å². The van der Waals surface area contributed by atoms with Crippen molar-refractivity contribution in [1.29, 1.82) is 0 Å². The lowest BCUT2D eigenvalue weighted by atomic mass is 10.3. The number of nitrogens with zero attached hydrogens (tertiary/aromatic N) is 1. The number of rotatable bonds is 3. The zero-order chi connectivity index (χ0) is 11.4. The van der Waals surface area contributed by atoms with E-state index in [0.717, 1.165) is 0 Å². The predicted molar refractivity (Wildman–Crippen MR) is 64.6 cm³/mol. The summed E-state index contributed by atoms with van der Waals surface area (Å²) >= 11 is 7.63. The Kier molecular flexibility index (Phi) is 4.39.